The van der Waals surface area contributed by atoms with Gasteiger partial charge in [0.2, 0.25) is 0 Å². The number of anilines is 1. The molecule has 0 unspecified atom stereocenters. The van der Waals surface area contributed by atoms with Gasteiger partial charge in [0.25, 0.3) is 0 Å². The quantitative estimate of drug-likeness (QED) is 0.872. The molecule has 1 fully saturated rings. The fourth-order valence-corrected chi connectivity index (χ4v) is 3.70. The second kappa shape index (κ2) is 6.31. The van der Waals surface area contributed by atoms with Crippen LogP contribution in [0.25, 0.3) is 0 Å². The van der Waals surface area contributed by atoms with Gasteiger partial charge >= 0.3 is 6.03 Å². The highest BCUT2D eigenvalue weighted by Crippen LogP contribution is 2.31. The van der Waals surface area contributed by atoms with E-state index in [1.165, 1.54) is 4.88 Å². The van der Waals surface area contributed by atoms with Gasteiger partial charge in [0.15, 0.2) is 0 Å². The molecule has 1 aromatic heterocycles. The Bertz CT molecular complexity index is 601. The number of hydrogen-bond acceptors (Lipinski definition) is 2. The number of para-hydroxylation sites is 1. The Morgan fingerprint density at radius 1 is 1.19 bits per heavy atom. The summed E-state index contributed by atoms with van der Waals surface area (Å²) in [5, 5.41) is 5.15. The smallest absolute Gasteiger partial charge is 0.321 e. The predicted octanol–water partition coefficient (Wildman–Crippen LogP) is 4.47. The molecule has 0 aliphatic carbocycles. The van der Waals surface area contributed by atoms with Crippen LogP contribution in [0.2, 0.25) is 0 Å². The minimum Gasteiger partial charge on any atom is -0.324 e. The van der Waals surface area contributed by atoms with Crippen LogP contribution in [-0.2, 0) is 0 Å². The number of carbonyl (C=O) groups is 1. The highest BCUT2D eigenvalue weighted by molar-refractivity contribution is 7.10. The molecular formula is C17H20N2OS. The van der Waals surface area contributed by atoms with Gasteiger partial charge < -0.3 is 10.2 Å². The highest BCUT2D eigenvalue weighted by atomic mass is 32.1. The average molecular weight is 300 g/mol. The first kappa shape index (κ1) is 14.1. The van der Waals surface area contributed by atoms with E-state index in [1.54, 1.807) is 0 Å². The van der Waals surface area contributed by atoms with E-state index in [-0.39, 0.29) is 6.03 Å². The minimum absolute atomic E-state index is 0.0222. The first-order chi connectivity index (χ1) is 10.2. The summed E-state index contributed by atoms with van der Waals surface area (Å²) >= 11 is 1.82. The summed E-state index contributed by atoms with van der Waals surface area (Å²) in [6, 6.07) is 12.2. The lowest BCUT2D eigenvalue weighted by atomic mass is 9.95. The number of urea groups is 1. The largest absolute Gasteiger partial charge is 0.324 e. The summed E-state index contributed by atoms with van der Waals surface area (Å²) in [5.74, 6) is 0.618. The molecule has 1 saturated heterocycles. The fourth-order valence-electron chi connectivity index (χ4n) is 2.80. The van der Waals surface area contributed by atoms with Crippen LogP contribution in [0.5, 0.6) is 0 Å². The molecule has 3 nitrogen and oxygen atoms in total. The van der Waals surface area contributed by atoms with Crippen LogP contribution >= 0.6 is 11.3 Å². The molecule has 0 bridgehead atoms. The van der Waals surface area contributed by atoms with E-state index < -0.39 is 0 Å². The maximum Gasteiger partial charge on any atom is 0.321 e. The van der Waals surface area contributed by atoms with Gasteiger partial charge in [-0.15, -0.1) is 11.3 Å². The van der Waals surface area contributed by atoms with Gasteiger partial charge in [0, 0.05) is 23.7 Å². The molecule has 1 aliphatic heterocycles. The molecule has 3 rings (SSSR count). The van der Waals surface area contributed by atoms with Crippen LogP contribution in [0.3, 0.4) is 0 Å². The second-order valence-corrected chi connectivity index (χ2v) is 6.50. The summed E-state index contributed by atoms with van der Waals surface area (Å²) in [7, 11) is 0. The molecule has 1 aliphatic rings. The Balaban J connectivity index is 1.57. The number of thiophene rings is 1. The van der Waals surface area contributed by atoms with E-state index in [9.17, 15) is 4.79 Å². The number of carbonyl (C=O) groups excluding carboxylic acids is 1. The topological polar surface area (TPSA) is 32.3 Å². The zero-order valence-electron chi connectivity index (χ0n) is 12.2. The zero-order chi connectivity index (χ0) is 14.7. The number of piperidine rings is 1. The lowest BCUT2D eigenvalue weighted by Crippen LogP contribution is -2.40. The number of nitrogens with zero attached hydrogens (tertiary/aromatic N) is 1. The van der Waals surface area contributed by atoms with Crippen LogP contribution in [0.1, 0.15) is 29.2 Å². The van der Waals surface area contributed by atoms with Crippen molar-refractivity contribution in [3.63, 3.8) is 0 Å². The fraction of sp³-hybridized carbons (Fsp3) is 0.353. The van der Waals surface area contributed by atoms with Crippen LogP contribution in [0.4, 0.5) is 10.5 Å². The van der Waals surface area contributed by atoms with E-state index in [0.29, 0.717) is 5.92 Å². The first-order valence-electron chi connectivity index (χ1n) is 7.39. The third kappa shape index (κ3) is 3.27. The summed E-state index contributed by atoms with van der Waals surface area (Å²) in [5.41, 5.74) is 2.00. The molecule has 4 heteroatoms. The molecular weight excluding hydrogens is 280 g/mol. The lowest BCUT2D eigenvalue weighted by molar-refractivity contribution is 0.195. The highest BCUT2D eigenvalue weighted by Gasteiger charge is 2.24. The van der Waals surface area contributed by atoms with Crippen molar-refractivity contribution in [3.8, 4) is 0 Å². The minimum atomic E-state index is 0.0222. The Labute approximate surface area is 129 Å². The lowest BCUT2D eigenvalue weighted by Gasteiger charge is -2.31. The van der Waals surface area contributed by atoms with Gasteiger partial charge in [-0.1, -0.05) is 24.3 Å². The third-order valence-corrected chi connectivity index (χ3v) is 5.15. The number of aryl methyl sites for hydroxylation is 1. The normalized spacial score (nSPS) is 16.0. The molecule has 2 heterocycles. The van der Waals surface area contributed by atoms with Gasteiger partial charge in [0.1, 0.15) is 0 Å². The summed E-state index contributed by atoms with van der Waals surface area (Å²) in [6.45, 7) is 3.68. The number of likely N-dealkylation sites (tertiary alicyclic amines) is 1. The molecule has 2 aromatic rings. The van der Waals surface area contributed by atoms with Gasteiger partial charge in [-0.2, -0.15) is 0 Å². The molecule has 1 aromatic carbocycles. The van der Waals surface area contributed by atoms with Crippen LogP contribution in [-0.4, -0.2) is 24.0 Å². The van der Waals surface area contributed by atoms with Crippen molar-refractivity contribution in [2.75, 3.05) is 18.4 Å². The van der Waals surface area contributed by atoms with Gasteiger partial charge in [0.05, 0.1) is 0 Å². The van der Waals surface area contributed by atoms with Gasteiger partial charge in [-0.3, -0.25) is 0 Å². The SMILES string of the molecule is Cc1ccccc1NC(=O)N1CCC(c2cccs2)CC1. The van der Waals surface area contributed by atoms with E-state index in [4.69, 9.17) is 0 Å². The molecule has 0 radical (unpaired) electrons. The molecule has 2 amide bonds. The Morgan fingerprint density at radius 2 is 1.95 bits per heavy atom. The predicted molar refractivity (Wildman–Crippen MR) is 88.1 cm³/mol. The maximum absolute atomic E-state index is 12.3. The van der Waals surface area contributed by atoms with Gasteiger partial charge in [-0.05, 0) is 48.8 Å². The number of nitrogens with one attached hydrogen (secondary N) is 1. The molecule has 0 atom stereocenters. The van der Waals surface area contributed by atoms with Crippen molar-refractivity contribution >= 4 is 23.1 Å². The monoisotopic (exact) mass is 300 g/mol. The average Bonchev–Trinajstić information content (AvgIpc) is 3.04. The number of rotatable bonds is 2. The van der Waals surface area contributed by atoms with Crippen molar-refractivity contribution < 1.29 is 4.79 Å². The van der Waals surface area contributed by atoms with Crippen molar-refractivity contribution in [1.82, 2.24) is 4.90 Å². The van der Waals surface area contributed by atoms with Crippen molar-refractivity contribution in [3.05, 3.63) is 52.2 Å². The summed E-state index contributed by atoms with van der Waals surface area (Å²) < 4.78 is 0. The molecule has 21 heavy (non-hydrogen) atoms. The standard InChI is InChI=1S/C17H20N2OS/c1-13-5-2-3-6-15(13)18-17(20)19-10-8-14(9-11-19)16-7-4-12-21-16/h2-7,12,14H,8-11H2,1H3,(H,18,20). The van der Waals surface area contributed by atoms with Crippen molar-refractivity contribution in [1.29, 1.82) is 0 Å². The van der Waals surface area contributed by atoms with E-state index in [1.807, 2.05) is 47.4 Å². The third-order valence-electron chi connectivity index (χ3n) is 4.11. The van der Waals surface area contributed by atoms with Crippen LogP contribution in [0, 0.1) is 6.92 Å². The number of hydrogen-bond donors (Lipinski definition) is 1. The molecule has 110 valence electrons. The van der Waals surface area contributed by atoms with E-state index in [0.717, 1.165) is 37.2 Å². The van der Waals surface area contributed by atoms with E-state index >= 15 is 0 Å². The van der Waals surface area contributed by atoms with Gasteiger partial charge in [-0.25, -0.2) is 4.79 Å². The van der Waals surface area contributed by atoms with Crippen molar-refractivity contribution in [2.24, 2.45) is 0 Å². The first-order valence-corrected chi connectivity index (χ1v) is 8.27. The Morgan fingerprint density at radius 3 is 2.62 bits per heavy atom. The molecule has 0 spiro atoms. The molecule has 1 N–H and O–H groups in total. The number of amides is 2. The molecule has 0 saturated carbocycles. The maximum atomic E-state index is 12.3. The summed E-state index contributed by atoms with van der Waals surface area (Å²) in [4.78, 5) is 15.7. The van der Waals surface area contributed by atoms with E-state index in [2.05, 4.69) is 22.8 Å². The summed E-state index contributed by atoms with van der Waals surface area (Å²) in [6.07, 6.45) is 2.11. The van der Waals surface area contributed by atoms with Crippen molar-refractivity contribution in [2.45, 2.75) is 25.7 Å². The Hall–Kier alpha value is -1.81. The second-order valence-electron chi connectivity index (χ2n) is 5.52. The van der Waals surface area contributed by atoms with Crippen LogP contribution < -0.4 is 5.32 Å². The zero-order valence-corrected chi connectivity index (χ0v) is 13.0. The Kier molecular flexibility index (Phi) is 4.25. The number of benzene rings is 1. The van der Waals surface area contributed by atoms with Crippen LogP contribution in [0.15, 0.2) is 41.8 Å².